The van der Waals surface area contributed by atoms with Crippen LogP contribution in [0.25, 0.3) is 22.0 Å². The molecule has 0 aliphatic rings. The molecule has 0 aliphatic carbocycles. The summed E-state index contributed by atoms with van der Waals surface area (Å²) < 4.78 is 2.11. The lowest BCUT2D eigenvalue weighted by Gasteiger charge is -2.04. The second-order valence-corrected chi connectivity index (χ2v) is 4.45. The molecule has 0 fully saturated rings. The van der Waals surface area contributed by atoms with Crippen molar-refractivity contribution in [1.29, 1.82) is 0 Å². The third-order valence-corrected chi connectivity index (χ3v) is 3.28. The van der Waals surface area contributed by atoms with Crippen molar-refractivity contribution in [2.75, 3.05) is 4.84 Å². The summed E-state index contributed by atoms with van der Waals surface area (Å²) in [5.74, 6) is 0. The van der Waals surface area contributed by atoms with Gasteiger partial charge in [0.15, 0.2) is 0 Å². The predicted octanol–water partition coefficient (Wildman–Crippen LogP) is 3.81. The number of aromatic nitrogens is 2. The van der Waals surface area contributed by atoms with Gasteiger partial charge in [0, 0.05) is 47.7 Å². The Morgan fingerprint density at radius 3 is 2.83 bits per heavy atom. The van der Waals surface area contributed by atoms with Crippen LogP contribution in [0.4, 0.5) is 5.69 Å². The molecule has 1 N–H and O–H groups in total. The fraction of sp³-hybridized carbons (Fsp3) is 0.0714. The molecule has 18 heavy (non-hydrogen) atoms. The maximum Gasteiger partial charge on any atom is 0.0681 e. The molecule has 2 heterocycles. The summed E-state index contributed by atoms with van der Waals surface area (Å²) in [6.07, 6.45) is 5.59. The van der Waals surface area contributed by atoms with Gasteiger partial charge < -0.3 is 4.57 Å². The SMILES string of the molecule is Cn1ccc2cc(-c3cncc(NCl)c3)ccc21. The molecule has 3 rings (SSSR count). The van der Waals surface area contributed by atoms with E-state index in [0.717, 1.165) is 16.8 Å². The number of hydrogen-bond donors (Lipinski definition) is 1. The second-order valence-electron chi connectivity index (χ2n) is 4.26. The topological polar surface area (TPSA) is 29.9 Å². The number of anilines is 1. The molecule has 2 aromatic heterocycles. The number of fused-ring (bicyclic) bond motifs is 1. The zero-order chi connectivity index (χ0) is 12.5. The van der Waals surface area contributed by atoms with Crippen LogP contribution in [0, 0.1) is 0 Å². The standard InChI is InChI=1S/C14H12ClN3/c1-18-5-4-11-6-10(2-3-14(11)18)12-7-13(17-15)9-16-8-12/h2-9,17H,1H3. The maximum absolute atomic E-state index is 5.59. The number of hydrogen-bond acceptors (Lipinski definition) is 2. The van der Waals surface area contributed by atoms with Crippen LogP contribution < -0.4 is 4.84 Å². The molecule has 0 spiro atoms. The molecule has 4 heteroatoms. The monoisotopic (exact) mass is 257 g/mol. The molecule has 1 aromatic carbocycles. The smallest absolute Gasteiger partial charge is 0.0681 e. The maximum atomic E-state index is 5.59. The van der Waals surface area contributed by atoms with Crippen molar-refractivity contribution in [3.63, 3.8) is 0 Å². The largest absolute Gasteiger partial charge is 0.351 e. The molecular formula is C14H12ClN3. The van der Waals surface area contributed by atoms with Crippen LogP contribution in [-0.4, -0.2) is 9.55 Å². The van der Waals surface area contributed by atoms with Gasteiger partial charge in [0.2, 0.25) is 0 Å². The Balaban J connectivity index is 2.13. The van der Waals surface area contributed by atoms with Gasteiger partial charge in [-0.2, -0.15) is 0 Å². The van der Waals surface area contributed by atoms with Crippen molar-refractivity contribution < 1.29 is 0 Å². The van der Waals surface area contributed by atoms with E-state index in [2.05, 4.69) is 44.8 Å². The number of pyridine rings is 1. The van der Waals surface area contributed by atoms with E-state index in [0.29, 0.717) is 0 Å². The van der Waals surface area contributed by atoms with Crippen LogP contribution in [0.2, 0.25) is 0 Å². The molecule has 0 bridgehead atoms. The molecule has 0 aliphatic heterocycles. The highest BCUT2D eigenvalue weighted by Crippen LogP contribution is 2.26. The average molecular weight is 258 g/mol. The first-order chi connectivity index (χ1) is 8.78. The van der Waals surface area contributed by atoms with Crippen LogP contribution in [0.5, 0.6) is 0 Å². The summed E-state index contributed by atoms with van der Waals surface area (Å²) >= 11 is 5.59. The molecule has 0 atom stereocenters. The average Bonchev–Trinajstić information content (AvgIpc) is 2.80. The Kier molecular flexibility index (Phi) is 2.68. The van der Waals surface area contributed by atoms with E-state index in [1.54, 1.807) is 6.20 Å². The van der Waals surface area contributed by atoms with Gasteiger partial charge in [-0.05, 0) is 29.8 Å². The minimum atomic E-state index is 0.794. The van der Waals surface area contributed by atoms with Crippen LogP contribution >= 0.6 is 11.8 Å². The summed E-state index contributed by atoms with van der Waals surface area (Å²) in [6.45, 7) is 0. The number of nitrogens with zero attached hydrogens (tertiary/aromatic N) is 2. The minimum Gasteiger partial charge on any atom is -0.351 e. The van der Waals surface area contributed by atoms with Gasteiger partial charge in [-0.3, -0.25) is 9.82 Å². The van der Waals surface area contributed by atoms with E-state index in [1.807, 2.05) is 19.3 Å². The van der Waals surface area contributed by atoms with E-state index in [4.69, 9.17) is 11.8 Å². The van der Waals surface area contributed by atoms with Gasteiger partial charge in [-0.1, -0.05) is 6.07 Å². The molecule has 90 valence electrons. The molecule has 0 radical (unpaired) electrons. The second kappa shape index (κ2) is 4.35. The highest BCUT2D eigenvalue weighted by atomic mass is 35.5. The van der Waals surface area contributed by atoms with E-state index >= 15 is 0 Å². The van der Waals surface area contributed by atoms with Gasteiger partial charge in [0.25, 0.3) is 0 Å². The molecule has 0 saturated carbocycles. The number of rotatable bonds is 2. The Morgan fingerprint density at radius 1 is 1.11 bits per heavy atom. The first kappa shape index (κ1) is 11.1. The summed E-state index contributed by atoms with van der Waals surface area (Å²) in [7, 11) is 2.04. The minimum absolute atomic E-state index is 0.794. The van der Waals surface area contributed by atoms with E-state index in [-0.39, 0.29) is 0 Å². The predicted molar refractivity (Wildman–Crippen MR) is 75.6 cm³/mol. The highest BCUT2D eigenvalue weighted by molar-refractivity contribution is 6.24. The quantitative estimate of drug-likeness (QED) is 0.708. The fourth-order valence-electron chi connectivity index (χ4n) is 2.11. The third kappa shape index (κ3) is 1.83. The van der Waals surface area contributed by atoms with Crippen molar-refractivity contribution in [3.05, 3.63) is 48.9 Å². The van der Waals surface area contributed by atoms with E-state index < -0.39 is 0 Å². The van der Waals surface area contributed by atoms with Gasteiger partial charge in [0.05, 0.1) is 11.9 Å². The van der Waals surface area contributed by atoms with Crippen molar-refractivity contribution >= 4 is 28.4 Å². The number of halogens is 1. The number of aryl methyl sites for hydroxylation is 1. The van der Waals surface area contributed by atoms with Crippen molar-refractivity contribution in [2.45, 2.75) is 0 Å². The lowest BCUT2D eigenvalue weighted by molar-refractivity contribution is 0.969. The van der Waals surface area contributed by atoms with Crippen LogP contribution in [0.3, 0.4) is 0 Å². The van der Waals surface area contributed by atoms with Gasteiger partial charge >= 0.3 is 0 Å². The summed E-state index contributed by atoms with van der Waals surface area (Å²) in [6, 6.07) is 10.5. The van der Waals surface area contributed by atoms with Crippen molar-refractivity contribution in [2.24, 2.45) is 7.05 Å². The van der Waals surface area contributed by atoms with Crippen molar-refractivity contribution in [3.8, 4) is 11.1 Å². The third-order valence-electron chi connectivity index (χ3n) is 3.07. The Hall–Kier alpha value is -2.00. The Bertz CT molecular complexity index is 703. The molecule has 0 unspecified atom stereocenters. The van der Waals surface area contributed by atoms with Crippen molar-refractivity contribution in [1.82, 2.24) is 9.55 Å². The summed E-state index contributed by atoms with van der Waals surface area (Å²) in [5.41, 5.74) is 4.20. The molecule has 0 amide bonds. The van der Waals surface area contributed by atoms with E-state index in [9.17, 15) is 0 Å². The zero-order valence-electron chi connectivity index (χ0n) is 9.89. The first-order valence-corrected chi connectivity index (χ1v) is 6.03. The van der Waals surface area contributed by atoms with Crippen LogP contribution in [0.15, 0.2) is 48.9 Å². The van der Waals surface area contributed by atoms with Gasteiger partial charge in [-0.25, -0.2) is 0 Å². The van der Waals surface area contributed by atoms with Gasteiger partial charge in [-0.15, -0.1) is 0 Å². The molecule has 3 aromatic rings. The lowest BCUT2D eigenvalue weighted by atomic mass is 10.1. The number of nitrogens with one attached hydrogen (secondary N) is 1. The molecule has 0 saturated heterocycles. The Morgan fingerprint density at radius 2 is 2.00 bits per heavy atom. The number of benzene rings is 1. The molecule has 3 nitrogen and oxygen atoms in total. The van der Waals surface area contributed by atoms with Crippen LogP contribution in [0.1, 0.15) is 0 Å². The lowest BCUT2D eigenvalue weighted by Crippen LogP contribution is -1.86. The molecular weight excluding hydrogens is 246 g/mol. The van der Waals surface area contributed by atoms with Gasteiger partial charge in [0.1, 0.15) is 0 Å². The van der Waals surface area contributed by atoms with E-state index in [1.165, 1.54) is 10.9 Å². The zero-order valence-corrected chi connectivity index (χ0v) is 10.6. The summed E-state index contributed by atoms with van der Waals surface area (Å²) in [5, 5.41) is 1.22. The summed E-state index contributed by atoms with van der Waals surface area (Å²) in [4.78, 5) is 6.75. The Labute approximate surface area is 110 Å². The first-order valence-electron chi connectivity index (χ1n) is 5.65. The highest BCUT2D eigenvalue weighted by Gasteiger charge is 2.03. The van der Waals surface area contributed by atoms with Crippen LogP contribution in [-0.2, 0) is 7.05 Å². The fourth-order valence-corrected chi connectivity index (χ4v) is 2.21. The normalized spacial score (nSPS) is 10.8.